The molecule has 16 heavy (non-hydrogen) atoms. The van der Waals surface area contributed by atoms with Crippen molar-refractivity contribution >= 4 is 0 Å². The summed E-state index contributed by atoms with van der Waals surface area (Å²) in [5.74, 6) is 3.11. The topological polar surface area (TPSA) is 25.2 Å². The molecular weight excluding hydrogens is 198 g/mol. The third-order valence-corrected chi connectivity index (χ3v) is 3.96. The number of hydrogen-bond donors (Lipinski definition) is 1. The van der Waals surface area contributed by atoms with Gasteiger partial charge in [-0.05, 0) is 43.4 Å². The fraction of sp³-hybridized carbons (Fsp3) is 0.571. The largest absolute Gasteiger partial charge is 0.469 e. The van der Waals surface area contributed by atoms with Crippen LogP contribution in [-0.4, -0.2) is 12.6 Å². The van der Waals surface area contributed by atoms with Gasteiger partial charge >= 0.3 is 0 Å². The summed E-state index contributed by atoms with van der Waals surface area (Å²) >= 11 is 0. The van der Waals surface area contributed by atoms with Gasteiger partial charge in [-0.25, -0.2) is 0 Å². The van der Waals surface area contributed by atoms with Gasteiger partial charge in [-0.2, -0.15) is 0 Å². The Bertz CT molecular complexity index is 368. The molecule has 1 aromatic rings. The fourth-order valence-electron chi connectivity index (χ4n) is 3.28. The summed E-state index contributed by atoms with van der Waals surface area (Å²) in [6.07, 6.45) is 9.05. The lowest BCUT2D eigenvalue weighted by atomic mass is 9.87. The minimum absolute atomic E-state index is 0.552. The number of rotatable bonds is 4. The molecule has 2 heteroatoms. The zero-order valence-corrected chi connectivity index (χ0v) is 9.73. The molecule has 86 valence electrons. The Morgan fingerprint density at radius 1 is 1.38 bits per heavy atom. The Hall–Kier alpha value is -1.02. The standard InChI is InChI=1S/C14H19NO/c1-2-7-15-14-11-6-5-10(9-11)13(14)12-4-3-8-16-12/h3-6,8,10-11,13-15H,2,7,9H2,1H3. The van der Waals surface area contributed by atoms with E-state index in [0.717, 1.165) is 12.3 Å². The third-order valence-electron chi connectivity index (χ3n) is 3.96. The first-order valence-corrected chi connectivity index (χ1v) is 6.35. The summed E-state index contributed by atoms with van der Waals surface area (Å²) < 4.78 is 5.61. The second-order valence-corrected chi connectivity index (χ2v) is 4.97. The van der Waals surface area contributed by atoms with Gasteiger partial charge in [0.1, 0.15) is 5.76 Å². The van der Waals surface area contributed by atoms with E-state index in [9.17, 15) is 0 Å². The summed E-state index contributed by atoms with van der Waals surface area (Å²) in [6, 6.07) is 4.71. The average molecular weight is 217 g/mol. The molecule has 1 fully saturated rings. The summed E-state index contributed by atoms with van der Waals surface area (Å²) in [6.45, 7) is 3.33. The molecule has 0 saturated heterocycles. The van der Waals surface area contributed by atoms with Crippen molar-refractivity contribution in [2.45, 2.75) is 31.7 Å². The molecule has 1 aromatic heterocycles. The van der Waals surface area contributed by atoms with E-state index in [-0.39, 0.29) is 0 Å². The molecular formula is C14H19NO. The lowest BCUT2D eigenvalue weighted by Crippen LogP contribution is -2.38. The first-order chi connectivity index (χ1) is 7.90. The monoisotopic (exact) mass is 217 g/mol. The predicted octanol–water partition coefficient (Wildman–Crippen LogP) is 2.94. The second kappa shape index (κ2) is 4.10. The zero-order valence-electron chi connectivity index (χ0n) is 9.73. The first kappa shape index (κ1) is 10.2. The number of nitrogens with one attached hydrogen (secondary N) is 1. The molecule has 1 heterocycles. The maximum Gasteiger partial charge on any atom is 0.109 e. The van der Waals surface area contributed by atoms with E-state index >= 15 is 0 Å². The molecule has 1 N–H and O–H groups in total. The van der Waals surface area contributed by atoms with Crippen LogP contribution in [0.1, 0.15) is 31.4 Å². The van der Waals surface area contributed by atoms with Crippen LogP contribution in [0.5, 0.6) is 0 Å². The van der Waals surface area contributed by atoms with Crippen LogP contribution in [0.3, 0.4) is 0 Å². The maximum atomic E-state index is 5.61. The Morgan fingerprint density at radius 3 is 3.00 bits per heavy atom. The molecule has 0 spiro atoms. The number of allylic oxidation sites excluding steroid dienone is 1. The minimum Gasteiger partial charge on any atom is -0.469 e. The molecule has 0 amide bonds. The highest BCUT2D eigenvalue weighted by Crippen LogP contribution is 2.48. The quantitative estimate of drug-likeness (QED) is 0.784. The van der Waals surface area contributed by atoms with Gasteiger partial charge in [0.25, 0.3) is 0 Å². The maximum absolute atomic E-state index is 5.61. The van der Waals surface area contributed by atoms with E-state index in [4.69, 9.17) is 4.42 Å². The minimum atomic E-state index is 0.552. The van der Waals surface area contributed by atoms with E-state index < -0.39 is 0 Å². The van der Waals surface area contributed by atoms with Crippen molar-refractivity contribution in [1.29, 1.82) is 0 Å². The Kier molecular flexibility index (Phi) is 2.60. The van der Waals surface area contributed by atoms with Gasteiger partial charge in [-0.1, -0.05) is 19.1 Å². The highest BCUT2D eigenvalue weighted by molar-refractivity contribution is 5.25. The Labute approximate surface area is 96.7 Å². The molecule has 0 aliphatic heterocycles. The molecule has 4 atom stereocenters. The molecule has 4 unspecified atom stereocenters. The molecule has 2 aliphatic carbocycles. The van der Waals surface area contributed by atoms with Gasteiger partial charge < -0.3 is 9.73 Å². The molecule has 3 rings (SSSR count). The van der Waals surface area contributed by atoms with Gasteiger partial charge in [0.05, 0.1) is 6.26 Å². The van der Waals surface area contributed by atoms with E-state index in [1.54, 1.807) is 6.26 Å². The lowest BCUT2D eigenvalue weighted by Gasteiger charge is -2.27. The van der Waals surface area contributed by atoms with Gasteiger partial charge in [-0.15, -0.1) is 0 Å². The first-order valence-electron chi connectivity index (χ1n) is 6.35. The highest BCUT2D eigenvalue weighted by atomic mass is 16.3. The molecule has 2 bridgehead atoms. The van der Waals surface area contributed by atoms with Crippen LogP contribution >= 0.6 is 0 Å². The number of furan rings is 1. The highest BCUT2D eigenvalue weighted by Gasteiger charge is 2.45. The van der Waals surface area contributed by atoms with Crippen molar-refractivity contribution in [3.8, 4) is 0 Å². The van der Waals surface area contributed by atoms with Crippen LogP contribution in [0, 0.1) is 11.8 Å². The number of fused-ring (bicyclic) bond motifs is 2. The molecule has 2 aliphatic rings. The predicted molar refractivity (Wildman–Crippen MR) is 64.3 cm³/mol. The molecule has 0 aromatic carbocycles. The van der Waals surface area contributed by atoms with Gasteiger partial charge in [0, 0.05) is 12.0 Å². The lowest BCUT2D eigenvalue weighted by molar-refractivity contribution is 0.354. The summed E-state index contributed by atoms with van der Waals surface area (Å²) in [4.78, 5) is 0. The van der Waals surface area contributed by atoms with Gasteiger partial charge in [-0.3, -0.25) is 0 Å². The Balaban J connectivity index is 1.82. The van der Waals surface area contributed by atoms with Crippen LogP contribution in [0.4, 0.5) is 0 Å². The molecule has 1 saturated carbocycles. The van der Waals surface area contributed by atoms with Crippen molar-refractivity contribution < 1.29 is 4.42 Å². The smallest absolute Gasteiger partial charge is 0.109 e. The molecule has 2 nitrogen and oxygen atoms in total. The van der Waals surface area contributed by atoms with Crippen LogP contribution in [-0.2, 0) is 0 Å². The SMILES string of the molecule is CCCNC1C2C=CC(C2)C1c1ccco1. The summed E-state index contributed by atoms with van der Waals surface area (Å²) in [7, 11) is 0. The van der Waals surface area contributed by atoms with Crippen LogP contribution in [0.15, 0.2) is 35.0 Å². The van der Waals surface area contributed by atoms with E-state index in [1.807, 2.05) is 6.07 Å². The van der Waals surface area contributed by atoms with Crippen molar-refractivity contribution in [2.75, 3.05) is 6.54 Å². The second-order valence-electron chi connectivity index (χ2n) is 4.97. The van der Waals surface area contributed by atoms with Crippen molar-refractivity contribution in [3.63, 3.8) is 0 Å². The van der Waals surface area contributed by atoms with E-state index in [2.05, 4.69) is 30.5 Å². The van der Waals surface area contributed by atoms with Gasteiger partial charge in [0.2, 0.25) is 0 Å². The summed E-state index contributed by atoms with van der Waals surface area (Å²) in [5, 5.41) is 3.69. The zero-order chi connectivity index (χ0) is 11.0. The van der Waals surface area contributed by atoms with Gasteiger partial charge in [0.15, 0.2) is 0 Å². The van der Waals surface area contributed by atoms with Crippen molar-refractivity contribution in [3.05, 3.63) is 36.3 Å². The van der Waals surface area contributed by atoms with E-state index in [0.29, 0.717) is 23.8 Å². The van der Waals surface area contributed by atoms with Crippen molar-refractivity contribution in [2.24, 2.45) is 11.8 Å². The number of hydrogen-bond acceptors (Lipinski definition) is 2. The van der Waals surface area contributed by atoms with Crippen LogP contribution in [0.25, 0.3) is 0 Å². The fourth-order valence-corrected chi connectivity index (χ4v) is 3.28. The third kappa shape index (κ3) is 1.52. The van der Waals surface area contributed by atoms with E-state index in [1.165, 1.54) is 12.8 Å². The normalized spacial score (nSPS) is 36.1. The van der Waals surface area contributed by atoms with Crippen LogP contribution < -0.4 is 5.32 Å². The van der Waals surface area contributed by atoms with Crippen LogP contribution in [0.2, 0.25) is 0 Å². The average Bonchev–Trinajstić information content (AvgIpc) is 3.00. The summed E-state index contributed by atoms with van der Waals surface area (Å²) in [5.41, 5.74) is 0. The molecule has 0 radical (unpaired) electrons. The Morgan fingerprint density at radius 2 is 2.25 bits per heavy atom. The van der Waals surface area contributed by atoms with Crippen molar-refractivity contribution in [1.82, 2.24) is 5.32 Å².